The summed E-state index contributed by atoms with van der Waals surface area (Å²) in [6.45, 7) is 5.95. The van der Waals surface area contributed by atoms with E-state index in [4.69, 9.17) is 14.6 Å². The minimum atomic E-state index is -1.01. The molecule has 0 fully saturated rings. The summed E-state index contributed by atoms with van der Waals surface area (Å²) >= 11 is 0. The maximum absolute atomic E-state index is 11.6. The van der Waals surface area contributed by atoms with Crippen molar-refractivity contribution in [2.24, 2.45) is 5.92 Å². The van der Waals surface area contributed by atoms with Crippen molar-refractivity contribution in [3.8, 4) is 0 Å². The number of aliphatic carboxylic acids is 1. The molecule has 2 atom stereocenters. The smallest absolute Gasteiger partial charge is 0.326 e. The van der Waals surface area contributed by atoms with Crippen LogP contribution in [0, 0.1) is 5.92 Å². The highest BCUT2D eigenvalue weighted by Crippen LogP contribution is 2.07. The molecule has 2 amide bonds. The van der Waals surface area contributed by atoms with Crippen LogP contribution in [0.15, 0.2) is 0 Å². The topological polar surface area (TPSA) is 96.9 Å². The summed E-state index contributed by atoms with van der Waals surface area (Å²) in [6.07, 6.45) is 2.30. The van der Waals surface area contributed by atoms with Crippen molar-refractivity contribution < 1.29 is 24.2 Å². The highest BCUT2D eigenvalue weighted by molar-refractivity contribution is 5.82. The van der Waals surface area contributed by atoms with E-state index in [1.54, 1.807) is 14.0 Å². The van der Waals surface area contributed by atoms with Gasteiger partial charge in [-0.1, -0.05) is 20.3 Å². The van der Waals surface area contributed by atoms with E-state index in [1.165, 1.54) is 0 Å². The van der Waals surface area contributed by atoms with Gasteiger partial charge in [-0.05, 0) is 18.8 Å². The van der Waals surface area contributed by atoms with Gasteiger partial charge in [0.25, 0.3) is 0 Å². The number of carboxylic acids is 1. The molecule has 0 saturated heterocycles. The van der Waals surface area contributed by atoms with Crippen LogP contribution in [0.4, 0.5) is 4.79 Å². The first-order valence-electron chi connectivity index (χ1n) is 7.36. The van der Waals surface area contributed by atoms with Crippen molar-refractivity contribution in [1.82, 2.24) is 10.6 Å². The molecule has 0 heterocycles. The SMILES string of the molecule is CC[C@H](C)[C@H](NC(=O)NCCCCOCCOC)C(=O)O. The zero-order chi connectivity index (χ0) is 16.1. The summed E-state index contributed by atoms with van der Waals surface area (Å²) in [4.78, 5) is 22.7. The molecule has 3 N–H and O–H groups in total. The number of unbranched alkanes of at least 4 members (excludes halogenated alkanes) is 1. The molecular formula is C14H28N2O5. The average Bonchev–Trinajstić information content (AvgIpc) is 2.46. The van der Waals surface area contributed by atoms with Crippen molar-refractivity contribution in [3.05, 3.63) is 0 Å². The Bertz CT molecular complexity index is 299. The standard InChI is InChI=1S/C14H28N2O5/c1-4-11(2)12(13(17)18)16-14(19)15-7-5-6-8-21-10-9-20-3/h11-12H,4-10H2,1-3H3,(H,17,18)(H2,15,16,19)/t11-,12-/m0/s1. The molecule has 0 radical (unpaired) electrons. The fraction of sp³-hybridized carbons (Fsp3) is 0.857. The Labute approximate surface area is 126 Å². The van der Waals surface area contributed by atoms with E-state index in [1.807, 2.05) is 6.92 Å². The zero-order valence-electron chi connectivity index (χ0n) is 13.2. The lowest BCUT2D eigenvalue weighted by molar-refractivity contribution is -0.140. The fourth-order valence-corrected chi connectivity index (χ4v) is 1.65. The third kappa shape index (κ3) is 10.1. The van der Waals surface area contributed by atoms with Crippen LogP contribution in [0.2, 0.25) is 0 Å². The highest BCUT2D eigenvalue weighted by Gasteiger charge is 2.24. The fourth-order valence-electron chi connectivity index (χ4n) is 1.65. The second-order valence-electron chi connectivity index (χ2n) is 4.91. The van der Waals surface area contributed by atoms with E-state index in [0.717, 1.165) is 12.8 Å². The van der Waals surface area contributed by atoms with Crippen molar-refractivity contribution in [2.45, 2.75) is 39.2 Å². The van der Waals surface area contributed by atoms with Crippen molar-refractivity contribution in [1.29, 1.82) is 0 Å². The Morgan fingerprint density at radius 3 is 2.48 bits per heavy atom. The quantitative estimate of drug-likeness (QED) is 0.471. The number of carbonyl (C=O) groups excluding carboxylic acids is 1. The molecule has 0 saturated carbocycles. The minimum Gasteiger partial charge on any atom is -0.480 e. The maximum Gasteiger partial charge on any atom is 0.326 e. The third-order valence-electron chi connectivity index (χ3n) is 3.20. The van der Waals surface area contributed by atoms with Gasteiger partial charge in [0, 0.05) is 20.3 Å². The van der Waals surface area contributed by atoms with Crippen LogP contribution >= 0.6 is 0 Å². The minimum absolute atomic E-state index is 0.109. The molecule has 0 unspecified atom stereocenters. The number of hydrogen-bond donors (Lipinski definition) is 3. The Kier molecular flexibility index (Phi) is 11.6. The second-order valence-corrected chi connectivity index (χ2v) is 4.91. The van der Waals surface area contributed by atoms with E-state index in [0.29, 0.717) is 32.8 Å². The van der Waals surface area contributed by atoms with Gasteiger partial charge >= 0.3 is 12.0 Å². The molecule has 7 nitrogen and oxygen atoms in total. The molecule has 0 aliphatic rings. The lowest BCUT2D eigenvalue weighted by atomic mass is 9.99. The molecule has 0 bridgehead atoms. The Hall–Kier alpha value is -1.34. The van der Waals surface area contributed by atoms with Gasteiger partial charge in [0.1, 0.15) is 6.04 Å². The van der Waals surface area contributed by atoms with Gasteiger partial charge in [0.05, 0.1) is 13.2 Å². The number of methoxy groups -OCH3 is 1. The van der Waals surface area contributed by atoms with E-state index < -0.39 is 18.0 Å². The van der Waals surface area contributed by atoms with Crippen LogP contribution in [0.1, 0.15) is 33.1 Å². The first-order chi connectivity index (χ1) is 10.0. The Morgan fingerprint density at radius 2 is 1.90 bits per heavy atom. The molecule has 0 spiro atoms. The van der Waals surface area contributed by atoms with Crippen LogP contribution in [0.3, 0.4) is 0 Å². The van der Waals surface area contributed by atoms with Crippen LogP contribution < -0.4 is 10.6 Å². The van der Waals surface area contributed by atoms with Crippen LogP contribution in [0.5, 0.6) is 0 Å². The van der Waals surface area contributed by atoms with E-state index in [2.05, 4.69) is 10.6 Å². The Morgan fingerprint density at radius 1 is 1.19 bits per heavy atom. The van der Waals surface area contributed by atoms with Gasteiger partial charge in [-0.2, -0.15) is 0 Å². The molecule has 21 heavy (non-hydrogen) atoms. The van der Waals surface area contributed by atoms with Gasteiger partial charge in [0.15, 0.2) is 0 Å². The first kappa shape index (κ1) is 19.7. The highest BCUT2D eigenvalue weighted by atomic mass is 16.5. The number of nitrogens with one attached hydrogen (secondary N) is 2. The summed E-state index contributed by atoms with van der Waals surface area (Å²) in [5.41, 5.74) is 0. The molecule has 0 aromatic carbocycles. The number of urea groups is 1. The lowest BCUT2D eigenvalue weighted by Crippen LogP contribution is -2.49. The van der Waals surface area contributed by atoms with Gasteiger partial charge in [0.2, 0.25) is 0 Å². The number of carboxylic acid groups (broad SMARTS) is 1. The normalized spacial score (nSPS) is 13.5. The lowest BCUT2D eigenvalue weighted by Gasteiger charge is -2.20. The summed E-state index contributed by atoms with van der Waals surface area (Å²) in [6, 6.07) is -1.30. The summed E-state index contributed by atoms with van der Waals surface area (Å²) in [5, 5.41) is 14.2. The first-order valence-corrected chi connectivity index (χ1v) is 7.36. The van der Waals surface area contributed by atoms with Crippen LogP contribution in [-0.2, 0) is 14.3 Å². The predicted octanol–water partition coefficient (Wildman–Crippen LogP) is 1.23. The molecule has 0 aromatic heterocycles. The zero-order valence-corrected chi connectivity index (χ0v) is 13.2. The summed E-state index contributed by atoms with van der Waals surface area (Å²) in [7, 11) is 1.62. The molecular weight excluding hydrogens is 276 g/mol. The van der Waals surface area contributed by atoms with Crippen LogP contribution in [-0.4, -0.2) is 56.6 Å². The number of rotatable bonds is 12. The van der Waals surface area contributed by atoms with Crippen LogP contribution in [0.25, 0.3) is 0 Å². The van der Waals surface area contributed by atoms with E-state index in [9.17, 15) is 9.59 Å². The molecule has 7 heteroatoms. The van der Waals surface area contributed by atoms with Crippen molar-refractivity contribution in [2.75, 3.05) is 33.5 Å². The maximum atomic E-state index is 11.6. The molecule has 0 aliphatic carbocycles. The third-order valence-corrected chi connectivity index (χ3v) is 3.20. The number of carbonyl (C=O) groups is 2. The van der Waals surface area contributed by atoms with Gasteiger partial charge < -0.3 is 25.2 Å². The Balaban J connectivity index is 3.71. The van der Waals surface area contributed by atoms with Gasteiger partial charge in [-0.25, -0.2) is 9.59 Å². The number of ether oxygens (including phenoxy) is 2. The van der Waals surface area contributed by atoms with E-state index in [-0.39, 0.29) is 5.92 Å². The monoisotopic (exact) mass is 304 g/mol. The van der Waals surface area contributed by atoms with Gasteiger partial charge in [-0.3, -0.25) is 0 Å². The molecule has 0 aliphatic heterocycles. The number of amides is 2. The van der Waals surface area contributed by atoms with Crippen molar-refractivity contribution in [3.63, 3.8) is 0 Å². The van der Waals surface area contributed by atoms with E-state index >= 15 is 0 Å². The number of hydrogen-bond acceptors (Lipinski definition) is 4. The van der Waals surface area contributed by atoms with Crippen molar-refractivity contribution >= 4 is 12.0 Å². The molecule has 0 rings (SSSR count). The molecule has 124 valence electrons. The summed E-state index contributed by atoms with van der Waals surface area (Å²) < 4.78 is 10.1. The second kappa shape index (κ2) is 12.4. The average molecular weight is 304 g/mol. The largest absolute Gasteiger partial charge is 0.480 e. The predicted molar refractivity (Wildman–Crippen MR) is 79.3 cm³/mol. The summed E-state index contributed by atoms with van der Waals surface area (Å²) in [5.74, 6) is -1.12. The molecule has 0 aromatic rings. The van der Waals surface area contributed by atoms with Gasteiger partial charge in [-0.15, -0.1) is 0 Å².